The van der Waals surface area contributed by atoms with Gasteiger partial charge in [-0.25, -0.2) is 17.9 Å². The van der Waals surface area contributed by atoms with Crippen LogP contribution in [0.2, 0.25) is 0 Å². The summed E-state index contributed by atoms with van der Waals surface area (Å²) in [5.74, 6) is -0.785. The third kappa shape index (κ3) is 4.77. The number of nitrogens with one attached hydrogen (secondary N) is 1. The van der Waals surface area contributed by atoms with Crippen molar-refractivity contribution in [1.29, 1.82) is 0 Å². The molecular formula is C10H15NO5S3. The van der Waals surface area contributed by atoms with Crippen molar-refractivity contribution < 1.29 is 23.4 Å². The molecule has 1 aromatic rings. The van der Waals surface area contributed by atoms with Gasteiger partial charge in [-0.2, -0.15) is 11.8 Å². The first-order valence-electron chi connectivity index (χ1n) is 5.21. The molecule has 0 saturated carbocycles. The third-order valence-corrected chi connectivity index (χ3v) is 5.94. The highest BCUT2D eigenvalue weighted by atomic mass is 32.2. The second-order valence-corrected chi connectivity index (χ2v) is 7.99. The standard InChI is InChI=1S/C10H15NO5S3/c1-10(14,6-17-2)5-11-19(15,16)8-3-7(4-18-8)9(12)13/h3-4,11,14H,5-6H2,1-2H3,(H,12,13). The molecule has 0 fully saturated rings. The van der Waals surface area contributed by atoms with Gasteiger partial charge in [-0.15, -0.1) is 11.3 Å². The summed E-state index contributed by atoms with van der Waals surface area (Å²) in [5, 5.41) is 19.9. The second-order valence-electron chi connectivity index (χ2n) is 4.21. The van der Waals surface area contributed by atoms with Gasteiger partial charge in [0.25, 0.3) is 0 Å². The van der Waals surface area contributed by atoms with Crippen LogP contribution in [0, 0.1) is 0 Å². The summed E-state index contributed by atoms with van der Waals surface area (Å²) < 4.78 is 26.0. The first kappa shape index (κ1) is 16.4. The number of aliphatic hydroxyl groups is 1. The number of carboxylic acid groups (broad SMARTS) is 1. The third-order valence-electron chi connectivity index (χ3n) is 2.19. The van der Waals surface area contributed by atoms with E-state index >= 15 is 0 Å². The molecule has 0 aliphatic carbocycles. The Labute approximate surface area is 119 Å². The van der Waals surface area contributed by atoms with E-state index in [1.54, 1.807) is 6.26 Å². The number of carboxylic acids is 1. The minimum Gasteiger partial charge on any atom is -0.478 e. The van der Waals surface area contributed by atoms with Crippen LogP contribution in [0.15, 0.2) is 15.7 Å². The Kier molecular flexibility index (Phi) is 5.39. The highest BCUT2D eigenvalue weighted by molar-refractivity contribution is 7.98. The highest BCUT2D eigenvalue weighted by Crippen LogP contribution is 2.20. The molecule has 1 heterocycles. The van der Waals surface area contributed by atoms with Gasteiger partial charge in [0.05, 0.1) is 11.2 Å². The number of thioether (sulfide) groups is 1. The summed E-state index contributed by atoms with van der Waals surface area (Å²) in [5.41, 5.74) is -1.22. The molecule has 0 spiro atoms. The Morgan fingerprint density at radius 2 is 2.21 bits per heavy atom. The number of hydrogen-bond donors (Lipinski definition) is 3. The largest absolute Gasteiger partial charge is 0.478 e. The molecule has 0 amide bonds. The zero-order valence-corrected chi connectivity index (χ0v) is 12.9. The molecule has 0 aromatic carbocycles. The van der Waals surface area contributed by atoms with Gasteiger partial charge in [0.1, 0.15) is 4.21 Å². The number of sulfonamides is 1. The van der Waals surface area contributed by atoms with Gasteiger partial charge in [-0.1, -0.05) is 0 Å². The van der Waals surface area contributed by atoms with Crippen LogP contribution >= 0.6 is 23.1 Å². The van der Waals surface area contributed by atoms with E-state index in [-0.39, 0.29) is 16.3 Å². The lowest BCUT2D eigenvalue weighted by molar-refractivity contribution is 0.0697. The fraction of sp³-hybridized carbons (Fsp3) is 0.500. The summed E-state index contributed by atoms with van der Waals surface area (Å²) in [7, 11) is -3.79. The lowest BCUT2D eigenvalue weighted by atomic mass is 10.1. The fourth-order valence-electron chi connectivity index (χ4n) is 1.25. The summed E-state index contributed by atoms with van der Waals surface area (Å²) in [6, 6.07) is 1.10. The molecule has 1 aromatic heterocycles. The van der Waals surface area contributed by atoms with Crippen LogP contribution in [0.5, 0.6) is 0 Å². The van der Waals surface area contributed by atoms with E-state index in [0.717, 1.165) is 17.4 Å². The zero-order chi connectivity index (χ0) is 14.7. The van der Waals surface area contributed by atoms with Crippen molar-refractivity contribution in [1.82, 2.24) is 4.72 Å². The Bertz CT molecular complexity index is 549. The molecular weight excluding hydrogens is 310 g/mol. The van der Waals surface area contributed by atoms with E-state index in [4.69, 9.17) is 5.11 Å². The van der Waals surface area contributed by atoms with Crippen molar-refractivity contribution >= 4 is 39.1 Å². The minimum absolute atomic E-state index is 0.0683. The Morgan fingerprint density at radius 1 is 1.58 bits per heavy atom. The first-order chi connectivity index (χ1) is 8.68. The Balaban J connectivity index is 2.78. The van der Waals surface area contributed by atoms with Crippen LogP contribution in [0.4, 0.5) is 0 Å². The van der Waals surface area contributed by atoms with E-state index in [1.165, 1.54) is 24.1 Å². The van der Waals surface area contributed by atoms with Crippen molar-refractivity contribution in [2.24, 2.45) is 0 Å². The zero-order valence-electron chi connectivity index (χ0n) is 10.4. The molecule has 0 bridgehead atoms. The van der Waals surface area contributed by atoms with Crippen LogP contribution in [-0.2, 0) is 10.0 Å². The van der Waals surface area contributed by atoms with Crippen molar-refractivity contribution in [3.05, 3.63) is 17.0 Å². The van der Waals surface area contributed by atoms with E-state index in [1.807, 2.05) is 0 Å². The Hall–Kier alpha value is -0.610. The molecule has 6 nitrogen and oxygen atoms in total. The van der Waals surface area contributed by atoms with Crippen LogP contribution in [0.25, 0.3) is 0 Å². The van der Waals surface area contributed by atoms with Crippen LogP contribution < -0.4 is 4.72 Å². The molecule has 3 N–H and O–H groups in total. The molecule has 108 valence electrons. The van der Waals surface area contributed by atoms with Crippen molar-refractivity contribution in [2.75, 3.05) is 18.6 Å². The minimum atomic E-state index is -3.79. The predicted molar refractivity (Wildman–Crippen MR) is 75.5 cm³/mol. The second kappa shape index (κ2) is 6.23. The number of thiophene rings is 1. The molecule has 1 unspecified atom stereocenters. The monoisotopic (exact) mass is 325 g/mol. The number of aromatic carboxylic acids is 1. The van der Waals surface area contributed by atoms with Gasteiger partial charge in [0.2, 0.25) is 10.0 Å². The maximum atomic E-state index is 11.9. The summed E-state index contributed by atoms with van der Waals surface area (Å²) >= 11 is 2.23. The molecule has 1 rings (SSSR count). The van der Waals surface area contributed by atoms with Crippen LogP contribution in [0.1, 0.15) is 17.3 Å². The maximum Gasteiger partial charge on any atom is 0.336 e. The average Bonchev–Trinajstić information content (AvgIpc) is 2.77. The molecule has 0 aliphatic rings. The van der Waals surface area contributed by atoms with Crippen LogP contribution in [0.3, 0.4) is 0 Å². The summed E-state index contributed by atoms with van der Waals surface area (Å²) in [6.45, 7) is 1.40. The van der Waals surface area contributed by atoms with E-state index in [0.29, 0.717) is 5.75 Å². The quantitative estimate of drug-likeness (QED) is 0.686. The van der Waals surface area contributed by atoms with Crippen molar-refractivity contribution in [3.63, 3.8) is 0 Å². The van der Waals surface area contributed by atoms with Crippen molar-refractivity contribution in [3.8, 4) is 0 Å². The number of hydrogen-bond acceptors (Lipinski definition) is 6. The highest BCUT2D eigenvalue weighted by Gasteiger charge is 2.25. The number of rotatable bonds is 7. The first-order valence-corrected chi connectivity index (χ1v) is 8.96. The summed E-state index contributed by atoms with van der Waals surface area (Å²) in [6.07, 6.45) is 1.81. The fourth-order valence-corrected chi connectivity index (χ4v) is 4.34. The molecule has 1 atom stereocenters. The van der Waals surface area contributed by atoms with Gasteiger partial charge >= 0.3 is 5.97 Å². The number of carbonyl (C=O) groups is 1. The van der Waals surface area contributed by atoms with E-state index in [9.17, 15) is 18.3 Å². The lowest BCUT2D eigenvalue weighted by Crippen LogP contribution is -2.42. The Morgan fingerprint density at radius 3 is 2.68 bits per heavy atom. The molecule has 19 heavy (non-hydrogen) atoms. The molecule has 0 radical (unpaired) electrons. The van der Waals surface area contributed by atoms with Crippen molar-refractivity contribution in [2.45, 2.75) is 16.7 Å². The van der Waals surface area contributed by atoms with Gasteiger partial charge in [-0.05, 0) is 19.2 Å². The van der Waals surface area contributed by atoms with E-state index in [2.05, 4.69) is 4.72 Å². The molecule has 9 heteroatoms. The topological polar surface area (TPSA) is 104 Å². The van der Waals surface area contributed by atoms with Gasteiger partial charge in [0.15, 0.2) is 0 Å². The summed E-state index contributed by atoms with van der Waals surface area (Å²) in [4.78, 5) is 10.7. The van der Waals surface area contributed by atoms with Crippen LogP contribution in [-0.4, -0.2) is 48.8 Å². The lowest BCUT2D eigenvalue weighted by Gasteiger charge is -2.22. The molecule has 0 aliphatic heterocycles. The van der Waals surface area contributed by atoms with Gasteiger partial charge in [0, 0.05) is 17.7 Å². The average molecular weight is 325 g/mol. The predicted octanol–water partition coefficient (Wildman–Crippen LogP) is 0.839. The van der Waals surface area contributed by atoms with Gasteiger partial charge < -0.3 is 10.2 Å². The van der Waals surface area contributed by atoms with E-state index < -0.39 is 21.6 Å². The van der Waals surface area contributed by atoms with Gasteiger partial charge in [-0.3, -0.25) is 0 Å². The smallest absolute Gasteiger partial charge is 0.336 e. The maximum absolute atomic E-state index is 11.9. The normalized spacial score (nSPS) is 15.1. The SMILES string of the molecule is CSCC(C)(O)CNS(=O)(=O)c1cc(C(=O)O)cs1. The molecule has 0 saturated heterocycles.